The number of aryl methyl sites for hydroxylation is 1. The third-order valence-electron chi connectivity index (χ3n) is 3.08. The summed E-state index contributed by atoms with van der Waals surface area (Å²) >= 11 is 3.07. The number of aliphatic hydroxyl groups is 1. The molecule has 5 nitrogen and oxygen atoms in total. The van der Waals surface area contributed by atoms with E-state index in [0.717, 1.165) is 11.1 Å². The van der Waals surface area contributed by atoms with E-state index < -0.39 is 10.0 Å². The molecule has 114 valence electrons. The fraction of sp³-hybridized carbons (Fsp3) is 0.286. The monoisotopic (exact) mass is 373 g/mol. The molecular weight excluding hydrogens is 358 g/mol. The molecule has 1 heterocycles. The molecule has 2 rings (SSSR count). The van der Waals surface area contributed by atoms with Crippen molar-refractivity contribution < 1.29 is 17.9 Å². The van der Waals surface area contributed by atoms with Crippen LogP contribution in [0.15, 0.2) is 44.3 Å². The number of benzene rings is 1. The average Bonchev–Trinajstić information content (AvgIpc) is 2.83. The van der Waals surface area contributed by atoms with E-state index >= 15 is 0 Å². The number of halogens is 1. The van der Waals surface area contributed by atoms with E-state index in [0.29, 0.717) is 0 Å². The van der Waals surface area contributed by atoms with Gasteiger partial charge < -0.3 is 9.52 Å². The maximum atomic E-state index is 12.5. The molecule has 1 aromatic carbocycles. The van der Waals surface area contributed by atoms with Crippen molar-refractivity contribution in [2.24, 2.45) is 0 Å². The van der Waals surface area contributed by atoms with E-state index in [2.05, 4.69) is 15.9 Å². The van der Waals surface area contributed by atoms with E-state index in [-0.39, 0.29) is 28.5 Å². The van der Waals surface area contributed by atoms with Gasteiger partial charge in [0.05, 0.1) is 0 Å². The molecule has 0 saturated heterocycles. The Morgan fingerprint density at radius 2 is 1.90 bits per heavy atom. The second-order valence-corrected chi connectivity index (χ2v) is 7.49. The number of rotatable bonds is 5. The minimum absolute atomic E-state index is 0.0150. The molecule has 0 aliphatic heterocycles. The van der Waals surface area contributed by atoms with Gasteiger partial charge in [-0.25, -0.2) is 8.42 Å². The van der Waals surface area contributed by atoms with Gasteiger partial charge in [-0.2, -0.15) is 4.31 Å². The number of sulfonamides is 1. The van der Waals surface area contributed by atoms with Crippen LogP contribution in [0, 0.1) is 6.92 Å². The van der Waals surface area contributed by atoms with Crippen molar-refractivity contribution in [1.82, 2.24) is 4.31 Å². The van der Waals surface area contributed by atoms with Gasteiger partial charge in [-0.3, -0.25) is 0 Å². The van der Waals surface area contributed by atoms with Crippen molar-refractivity contribution in [2.45, 2.75) is 25.0 Å². The zero-order valence-electron chi connectivity index (χ0n) is 11.7. The first kappa shape index (κ1) is 16.2. The van der Waals surface area contributed by atoms with Gasteiger partial charge in [0.2, 0.25) is 10.0 Å². The first-order valence-electron chi connectivity index (χ1n) is 6.25. The Balaban J connectivity index is 2.25. The van der Waals surface area contributed by atoms with Crippen LogP contribution in [0.4, 0.5) is 0 Å². The lowest BCUT2D eigenvalue weighted by molar-refractivity contribution is 0.245. The minimum Gasteiger partial charge on any atom is -0.450 e. The van der Waals surface area contributed by atoms with Gasteiger partial charge in [-0.1, -0.05) is 29.8 Å². The van der Waals surface area contributed by atoms with Crippen LogP contribution in [0.1, 0.15) is 16.9 Å². The smallest absolute Gasteiger partial charge is 0.247 e. The molecule has 0 bridgehead atoms. The van der Waals surface area contributed by atoms with Gasteiger partial charge in [-0.05, 0) is 28.4 Å². The normalized spacial score (nSPS) is 12.0. The predicted molar refractivity (Wildman–Crippen MR) is 82.2 cm³/mol. The summed E-state index contributed by atoms with van der Waals surface area (Å²) in [7, 11) is -2.18. The topological polar surface area (TPSA) is 70.8 Å². The maximum Gasteiger partial charge on any atom is 0.247 e. The van der Waals surface area contributed by atoms with Crippen molar-refractivity contribution in [2.75, 3.05) is 7.05 Å². The lowest BCUT2D eigenvalue weighted by Crippen LogP contribution is -2.26. The largest absolute Gasteiger partial charge is 0.450 e. The number of nitrogens with zero attached hydrogens (tertiary/aromatic N) is 1. The molecule has 0 fully saturated rings. The van der Waals surface area contributed by atoms with Crippen LogP contribution in [-0.4, -0.2) is 24.9 Å². The highest BCUT2D eigenvalue weighted by atomic mass is 79.9. The molecule has 0 aliphatic rings. The molecule has 21 heavy (non-hydrogen) atoms. The van der Waals surface area contributed by atoms with Gasteiger partial charge in [0.25, 0.3) is 0 Å². The third kappa shape index (κ3) is 3.55. The van der Waals surface area contributed by atoms with Gasteiger partial charge in [-0.15, -0.1) is 0 Å². The molecule has 0 saturated carbocycles. The zero-order valence-corrected chi connectivity index (χ0v) is 14.1. The van der Waals surface area contributed by atoms with Crippen LogP contribution in [0.2, 0.25) is 0 Å². The molecule has 2 aromatic rings. The molecule has 0 aliphatic carbocycles. The summed E-state index contributed by atoms with van der Waals surface area (Å²) in [6.07, 6.45) is 0. The van der Waals surface area contributed by atoms with Gasteiger partial charge >= 0.3 is 0 Å². The predicted octanol–water partition coefficient (Wildman–Crippen LogP) is 2.66. The van der Waals surface area contributed by atoms with Gasteiger partial charge in [0, 0.05) is 19.7 Å². The van der Waals surface area contributed by atoms with Gasteiger partial charge in [0.15, 0.2) is 4.67 Å². The summed E-state index contributed by atoms with van der Waals surface area (Å²) in [6, 6.07) is 8.99. The molecule has 0 unspecified atom stereocenters. The lowest BCUT2D eigenvalue weighted by atomic mass is 10.1. The molecule has 0 radical (unpaired) electrons. The van der Waals surface area contributed by atoms with Crippen LogP contribution in [0.5, 0.6) is 0 Å². The van der Waals surface area contributed by atoms with Crippen LogP contribution in [-0.2, 0) is 23.2 Å². The highest BCUT2D eigenvalue weighted by Crippen LogP contribution is 2.29. The second-order valence-electron chi connectivity index (χ2n) is 4.76. The van der Waals surface area contributed by atoms with Crippen LogP contribution < -0.4 is 0 Å². The lowest BCUT2D eigenvalue weighted by Gasteiger charge is -2.16. The first-order valence-corrected chi connectivity index (χ1v) is 8.49. The Labute approximate surface area is 132 Å². The van der Waals surface area contributed by atoms with Crippen LogP contribution in [0.3, 0.4) is 0 Å². The van der Waals surface area contributed by atoms with Crippen molar-refractivity contribution in [3.8, 4) is 0 Å². The minimum atomic E-state index is -3.69. The Bertz CT molecular complexity index is 722. The van der Waals surface area contributed by atoms with Crippen LogP contribution in [0.25, 0.3) is 0 Å². The Morgan fingerprint density at radius 1 is 1.29 bits per heavy atom. The molecule has 1 N–H and O–H groups in total. The fourth-order valence-corrected chi connectivity index (χ4v) is 3.97. The Morgan fingerprint density at radius 3 is 2.43 bits per heavy atom. The number of aliphatic hydroxyl groups excluding tert-OH is 1. The number of hydrogen-bond donors (Lipinski definition) is 1. The summed E-state index contributed by atoms with van der Waals surface area (Å²) in [5.74, 6) is 0.198. The molecule has 0 atom stereocenters. The quantitative estimate of drug-likeness (QED) is 0.874. The van der Waals surface area contributed by atoms with Crippen molar-refractivity contribution >= 4 is 26.0 Å². The van der Waals surface area contributed by atoms with E-state index in [1.165, 1.54) is 17.4 Å². The maximum absolute atomic E-state index is 12.5. The number of furan rings is 1. The molecule has 0 amide bonds. The van der Waals surface area contributed by atoms with E-state index in [1.807, 2.05) is 31.2 Å². The first-order chi connectivity index (χ1) is 9.84. The second kappa shape index (κ2) is 6.31. The van der Waals surface area contributed by atoms with Crippen molar-refractivity contribution in [1.29, 1.82) is 0 Å². The SMILES string of the molecule is Cc1ccc(CN(C)S(=O)(=O)c2cc(CO)oc2Br)cc1. The number of hydrogen-bond acceptors (Lipinski definition) is 4. The van der Waals surface area contributed by atoms with Gasteiger partial charge in [0.1, 0.15) is 17.3 Å². The van der Waals surface area contributed by atoms with E-state index in [1.54, 1.807) is 0 Å². The van der Waals surface area contributed by atoms with E-state index in [4.69, 9.17) is 9.52 Å². The Kier molecular flexibility index (Phi) is 4.88. The molecule has 1 aromatic heterocycles. The zero-order chi connectivity index (χ0) is 15.6. The third-order valence-corrected chi connectivity index (χ3v) is 5.74. The van der Waals surface area contributed by atoms with Crippen molar-refractivity contribution in [3.63, 3.8) is 0 Å². The summed E-state index contributed by atoms with van der Waals surface area (Å²) < 4.78 is 31.5. The standard InChI is InChI=1S/C14H16BrNO4S/c1-10-3-5-11(6-4-10)8-16(2)21(18,19)13-7-12(9-17)20-14(13)15/h3-7,17H,8-9H2,1-2H3. The highest BCUT2D eigenvalue weighted by molar-refractivity contribution is 9.10. The van der Waals surface area contributed by atoms with Crippen LogP contribution >= 0.6 is 15.9 Å². The summed E-state index contributed by atoms with van der Waals surface area (Å²) in [6.45, 7) is 1.88. The van der Waals surface area contributed by atoms with Crippen molar-refractivity contribution in [3.05, 3.63) is 51.9 Å². The van der Waals surface area contributed by atoms with E-state index in [9.17, 15) is 8.42 Å². The Hall–Kier alpha value is -1.15. The average molecular weight is 374 g/mol. The highest BCUT2D eigenvalue weighted by Gasteiger charge is 2.27. The molecule has 0 spiro atoms. The molecule has 7 heteroatoms. The fourth-order valence-electron chi connectivity index (χ4n) is 1.86. The molecular formula is C14H16BrNO4S. The summed E-state index contributed by atoms with van der Waals surface area (Å²) in [5.41, 5.74) is 2.02. The summed E-state index contributed by atoms with van der Waals surface area (Å²) in [5, 5.41) is 9.02. The summed E-state index contributed by atoms with van der Waals surface area (Å²) in [4.78, 5) is 0.0150.